The third kappa shape index (κ3) is 7.43. The number of carbonyl (C=O) groups excluding carboxylic acids is 1. The van der Waals surface area contributed by atoms with Crippen molar-refractivity contribution in [2.24, 2.45) is 4.99 Å². The van der Waals surface area contributed by atoms with Crippen LogP contribution in [0.1, 0.15) is 36.5 Å². The van der Waals surface area contributed by atoms with Crippen molar-refractivity contribution in [3.8, 4) is 0 Å². The molecule has 0 bridgehead atoms. The molecule has 2 saturated heterocycles. The molecule has 2 aromatic rings. The van der Waals surface area contributed by atoms with Crippen molar-refractivity contribution in [1.82, 2.24) is 20.0 Å². The predicted molar refractivity (Wildman–Crippen MR) is 145 cm³/mol. The van der Waals surface area contributed by atoms with Crippen LogP contribution in [0.15, 0.2) is 59.6 Å². The first-order valence-corrected chi connectivity index (χ1v) is 11.9. The number of nitrogens with zero attached hydrogens (tertiary/aromatic N) is 4. The van der Waals surface area contributed by atoms with Crippen LogP contribution in [0.25, 0.3) is 0 Å². The minimum atomic E-state index is 0. The predicted octanol–water partition coefficient (Wildman–Crippen LogP) is 3.71. The van der Waals surface area contributed by atoms with Gasteiger partial charge in [0.1, 0.15) is 0 Å². The number of halogens is 1. The highest BCUT2D eigenvalue weighted by Gasteiger charge is 2.21. The highest BCUT2D eigenvalue weighted by molar-refractivity contribution is 14.0. The van der Waals surface area contributed by atoms with E-state index in [0.29, 0.717) is 13.0 Å². The highest BCUT2D eigenvalue weighted by atomic mass is 127. The second kappa shape index (κ2) is 12.9. The van der Waals surface area contributed by atoms with E-state index in [1.807, 2.05) is 4.90 Å². The number of piperazine rings is 1. The van der Waals surface area contributed by atoms with Crippen molar-refractivity contribution >= 4 is 35.8 Å². The van der Waals surface area contributed by atoms with Gasteiger partial charge in [0.25, 0.3) is 0 Å². The molecule has 0 saturated carbocycles. The Balaban J connectivity index is 0.00000306. The number of amides is 1. The molecule has 0 spiro atoms. The van der Waals surface area contributed by atoms with Crippen molar-refractivity contribution in [3.05, 3.63) is 71.3 Å². The van der Waals surface area contributed by atoms with E-state index in [9.17, 15) is 4.79 Å². The molecule has 33 heavy (non-hydrogen) atoms. The summed E-state index contributed by atoms with van der Waals surface area (Å²) in [7, 11) is 0. The Morgan fingerprint density at radius 1 is 0.879 bits per heavy atom. The summed E-state index contributed by atoms with van der Waals surface area (Å²) in [6, 6.07) is 19.2. The van der Waals surface area contributed by atoms with Gasteiger partial charge in [-0.1, -0.05) is 54.6 Å². The Morgan fingerprint density at radius 2 is 1.55 bits per heavy atom. The lowest BCUT2D eigenvalue weighted by atomic mass is 10.1. The fraction of sp³-hybridized carbons (Fsp3) is 0.462. The summed E-state index contributed by atoms with van der Waals surface area (Å²) in [6.45, 7) is 10.3. The first kappa shape index (κ1) is 25.5. The molecular weight excluding hydrogens is 525 g/mol. The Labute approximate surface area is 215 Å². The third-order valence-electron chi connectivity index (χ3n) is 6.23. The summed E-state index contributed by atoms with van der Waals surface area (Å²) in [5, 5.41) is 3.46. The zero-order chi connectivity index (χ0) is 22.2. The molecule has 2 fully saturated rings. The van der Waals surface area contributed by atoms with Gasteiger partial charge in [0.2, 0.25) is 5.91 Å². The van der Waals surface area contributed by atoms with Crippen LogP contribution in [0, 0.1) is 0 Å². The van der Waals surface area contributed by atoms with Gasteiger partial charge in [0, 0.05) is 58.8 Å². The number of benzene rings is 2. The largest absolute Gasteiger partial charge is 0.357 e. The van der Waals surface area contributed by atoms with E-state index in [1.165, 1.54) is 16.7 Å². The third-order valence-corrected chi connectivity index (χ3v) is 6.23. The van der Waals surface area contributed by atoms with Crippen molar-refractivity contribution in [1.29, 1.82) is 0 Å². The molecule has 2 aliphatic rings. The molecule has 6 nitrogen and oxygen atoms in total. The van der Waals surface area contributed by atoms with Gasteiger partial charge in [0.15, 0.2) is 5.96 Å². The molecule has 0 aromatic heterocycles. The molecule has 1 N–H and O–H groups in total. The SMILES string of the molecule is CCNC(=NCc1ccc(CN2CCCC2=O)cc1)N1CCN(Cc2ccccc2)CC1.I. The van der Waals surface area contributed by atoms with Crippen molar-refractivity contribution in [3.63, 3.8) is 0 Å². The van der Waals surface area contributed by atoms with E-state index < -0.39 is 0 Å². The number of guanidine groups is 1. The number of nitrogens with one attached hydrogen (secondary N) is 1. The van der Waals surface area contributed by atoms with Crippen molar-refractivity contribution in [2.75, 3.05) is 39.3 Å². The molecule has 2 aromatic carbocycles. The molecule has 0 radical (unpaired) electrons. The van der Waals surface area contributed by atoms with E-state index in [0.717, 1.165) is 64.7 Å². The molecule has 178 valence electrons. The van der Waals surface area contributed by atoms with Gasteiger partial charge in [0.05, 0.1) is 6.54 Å². The molecule has 0 unspecified atom stereocenters. The van der Waals surface area contributed by atoms with Gasteiger partial charge < -0.3 is 15.1 Å². The number of hydrogen-bond acceptors (Lipinski definition) is 3. The summed E-state index contributed by atoms with van der Waals surface area (Å²) < 4.78 is 0. The number of carbonyl (C=O) groups is 1. The number of hydrogen-bond donors (Lipinski definition) is 1. The standard InChI is InChI=1S/C26H35N5O.HI/c1-2-27-26(30-17-15-29(16-18-30)20-23-7-4-3-5-8-23)28-19-22-10-12-24(13-11-22)21-31-14-6-9-25(31)32;/h3-5,7-8,10-13H,2,6,9,14-21H2,1H3,(H,27,28);1H. The van der Waals surface area contributed by atoms with Crippen molar-refractivity contribution in [2.45, 2.75) is 39.4 Å². The molecule has 0 atom stereocenters. The number of likely N-dealkylation sites (tertiary alicyclic amines) is 1. The molecular formula is C26H36IN5O. The first-order valence-electron chi connectivity index (χ1n) is 11.9. The summed E-state index contributed by atoms with van der Waals surface area (Å²) in [5.41, 5.74) is 3.76. The quantitative estimate of drug-likeness (QED) is 0.318. The fourth-order valence-corrected chi connectivity index (χ4v) is 4.39. The van der Waals surface area contributed by atoms with Crippen LogP contribution in [0.3, 0.4) is 0 Å². The summed E-state index contributed by atoms with van der Waals surface area (Å²) in [4.78, 5) is 23.6. The minimum Gasteiger partial charge on any atom is -0.357 e. The Morgan fingerprint density at radius 3 is 2.18 bits per heavy atom. The Hall–Kier alpha value is -2.13. The molecule has 0 aliphatic carbocycles. The highest BCUT2D eigenvalue weighted by Crippen LogP contribution is 2.15. The van der Waals surface area contributed by atoms with Crippen LogP contribution in [0.2, 0.25) is 0 Å². The van der Waals surface area contributed by atoms with E-state index in [1.54, 1.807) is 0 Å². The smallest absolute Gasteiger partial charge is 0.222 e. The van der Waals surface area contributed by atoms with E-state index >= 15 is 0 Å². The zero-order valence-corrected chi connectivity index (χ0v) is 21.9. The molecule has 4 rings (SSSR count). The average molecular weight is 562 g/mol. The maximum absolute atomic E-state index is 11.8. The normalized spacial score (nSPS) is 17.2. The maximum atomic E-state index is 11.8. The van der Waals surface area contributed by atoms with Crippen LogP contribution in [0.4, 0.5) is 0 Å². The fourth-order valence-electron chi connectivity index (χ4n) is 4.39. The van der Waals surface area contributed by atoms with Crippen LogP contribution in [-0.4, -0.2) is 65.8 Å². The van der Waals surface area contributed by atoms with Crippen molar-refractivity contribution < 1.29 is 4.79 Å². The monoisotopic (exact) mass is 561 g/mol. The average Bonchev–Trinajstić information content (AvgIpc) is 3.23. The number of rotatable bonds is 7. The summed E-state index contributed by atoms with van der Waals surface area (Å²) in [5.74, 6) is 1.27. The Kier molecular flexibility index (Phi) is 9.99. The van der Waals surface area contributed by atoms with Crippen LogP contribution < -0.4 is 5.32 Å². The zero-order valence-electron chi connectivity index (χ0n) is 19.6. The molecule has 2 aliphatic heterocycles. The van der Waals surface area contributed by atoms with Gasteiger partial charge >= 0.3 is 0 Å². The summed E-state index contributed by atoms with van der Waals surface area (Å²) in [6.07, 6.45) is 1.68. The molecule has 2 heterocycles. The van der Waals surface area contributed by atoms with Gasteiger partial charge in [-0.3, -0.25) is 9.69 Å². The van der Waals surface area contributed by atoms with Crippen LogP contribution >= 0.6 is 24.0 Å². The lowest BCUT2D eigenvalue weighted by Gasteiger charge is -2.36. The van der Waals surface area contributed by atoms with E-state index in [4.69, 9.17) is 4.99 Å². The van der Waals surface area contributed by atoms with Gasteiger partial charge in [-0.05, 0) is 30.0 Å². The van der Waals surface area contributed by atoms with Crippen LogP contribution in [-0.2, 0) is 24.4 Å². The van der Waals surface area contributed by atoms with Gasteiger partial charge in [-0.25, -0.2) is 4.99 Å². The Bertz CT molecular complexity index is 895. The van der Waals surface area contributed by atoms with E-state index in [2.05, 4.69) is 76.6 Å². The second-order valence-electron chi connectivity index (χ2n) is 8.65. The topological polar surface area (TPSA) is 51.2 Å². The number of aliphatic imine (C=N–C) groups is 1. The van der Waals surface area contributed by atoms with Gasteiger partial charge in [-0.15, -0.1) is 24.0 Å². The molecule has 1 amide bonds. The lowest BCUT2D eigenvalue weighted by Crippen LogP contribution is -2.52. The second-order valence-corrected chi connectivity index (χ2v) is 8.65. The molecule has 7 heteroatoms. The van der Waals surface area contributed by atoms with Gasteiger partial charge in [-0.2, -0.15) is 0 Å². The first-order chi connectivity index (χ1) is 15.7. The van der Waals surface area contributed by atoms with E-state index in [-0.39, 0.29) is 29.9 Å². The van der Waals surface area contributed by atoms with Crippen LogP contribution in [0.5, 0.6) is 0 Å². The lowest BCUT2D eigenvalue weighted by molar-refractivity contribution is -0.128. The minimum absolute atomic E-state index is 0. The maximum Gasteiger partial charge on any atom is 0.222 e. The summed E-state index contributed by atoms with van der Waals surface area (Å²) >= 11 is 0.